The predicted molar refractivity (Wildman–Crippen MR) is 142 cm³/mol. The number of ether oxygens (including phenoxy) is 1. The van der Waals surface area contributed by atoms with Crippen LogP contribution in [0.5, 0.6) is 5.75 Å². The predicted octanol–water partition coefficient (Wildman–Crippen LogP) is 5.38. The molecule has 0 bridgehead atoms. The van der Waals surface area contributed by atoms with Crippen LogP contribution in [0.25, 0.3) is 11.3 Å². The highest BCUT2D eigenvalue weighted by atomic mass is 35.5. The van der Waals surface area contributed by atoms with Crippen LogP contribution in [0.1, 0.15) is 5.56 Å². The van der Waals surface area contributed by atoms with Crippen LogP contribution >= 0.6 is 22.9 Å². The zero-order chi connectivity index (χ0) is 24.4. The molecule has 0 saturated carbocycles. The Morgan fingerprint density at radius 1 is 1.09 bits per heavy atom. The number of anilines is 2. The monoisotopic (exact) mass is 503 g/mol. The number of thiazole rings is 1. The Kier molecular flexibility index (Phi) is 6.39. The van der Waals surface area contributed by atoms with Crippen molar-refractivity contribution in [2.75, 3.05) is 30.9 Å². The number of amides is 1. The first-order valence-electron chi connectivity index (χ1n) is 10.9. The number of aromatic nitrogens is 1. The van der Waals surface area contributed by atoms with Crippen LogP contribution in [-0.2, 0) is 4.79 Å². The fraction of sp³-hybridized carbons (Fsp3) is 0.115. The van der Waals surface area contributed by atoms with Crippen molar-refractivity contribution in [3.8, 4) is 17.0 Å². The summed E-state index contributed by atoms with van der Waals surface area (Å²) in [5, 5.41) is 10.3. The van der Waals surface area contributed by atoms with E-state index >= 15 is 0 Å². The Morgan fingerprint density at radius 2 is 1.86 bits per heavy atom. The third-order valence-corrected chi connectivity index (χ3v) is 6.44. The van der Waals surface area contributed by atoms with Crippen LogP contribution in [0, 0.1) is 0 Å². The largest absolute Gasteiger partial charge is 0.482 e. The van der Waals surface area contributed by atoms with Crippen LogP contribution in [0.2, 0.25) is 5.02 Å². The molecule has 35 heavy (non-hydrogen) atoms. The molecule has 7 nitrogen and oxygen atoms in total. The van der Waals surface area contributed by atoms with Crippen LogP contribution in [0.4, 0.5) is 17.1 Å². The van der Waals surface area contributed by atoms with Crippen molar-refractivity contribution in [1.29, 1.82) is 0 Å². The molecule has 5 rings (SSSR count). The molecular formula is C26H22ClN5O2S. The zero-order valence-corrected chi connectivity index (χ0v) is 20.7. The quantitative estimate of drug-likeness (QED) is 0.371. The highest BCUT2D eigenvalue weighted by Gasteiger charge is 2.18. The minimum absolute atomic E-state index is 0.0197. The van der Waals surface area contributed by atoms with Crippen molar-refractivity contribution in [2.45, 2.75) is 0 Å². The summed E-state index contributed by atoms with van der Waals surface area (Å²) in [6.07, 6.45) is 1.81. The van der Waals surface area contributed by atoms with Crippen LogP contribution < -0.4 is 19.8 Å². The normalized spacial score (nSPS) is 13.5. The second-order valence-electron chi connectivity index (χ2n) is 8.08. The van der Waals surface area contributed by atoms with Gasteiger partial charge in [-0.05, 0) is 60.2 Å². The molecule has 4 aromatic rings. The Labute approximate surface area is 211 Å². The van der Waals surface area contributed by atoms with E-state index in [1.54, 1.807) is 23.0 Å². The highest BCUT2D eigenvalue weighted by Crippen LogP contribution is 2.33. The van der Waals surface area contributed by atoms with E-state index in [0.29, 0.717) is 21.3 Å². The molecule has 0 radical (unpaired) electrons. The Hall–Kier alpha value is -3.88. The third kappa shape index (κ3) is 5.13. The Bertz CT molecular complexity index is 1470. The number of nitrogens with one attached hydrogen (secondary N) is 1. The lowest BCUT2D eigenvalue weighted by molar-refractivity contribution is -0.118. The van der Waals surface area contributed by atoms with E-state index in [0.717, 1.165) is 28.2 Å². The van der Waals surface area contributed by atoms with Crippen molar-refractivity contribution < 1.29 is 9.53 Å². The number of rotatable bonds is 5. The molecule has 1 amide bonds. The number of nitrogens with zero attached hydrogens (tertiary/aromatic N) is 4. The topological polar surface area (TPSA) is 71.2 Å². The van der Waals surface area contributed by atoms with Gasteiger partial charge < -0.3 is 15.0 Å². The molecule has 9 heteroatoms. The molecule has 1 aliphatic heterocycles. The van der Waals surface area contributed by atoms with Crippen LogP contribution in [0.15, 0.2) is 82.2 Å². The van der Waals surface area contributed by atoms with Gasteiger partial charge in [-0.2, -0.15) is 5.10 Å². The van der Waals surface area contributed by atoms with Gasteiger partial charge in [-0.15, -0.1) is 11.3 Å². The first-order valence-corrected chi connectivity index (χ1v) is 12.1. The fourth-order valence-corrected chi connectivity index (χ4v) is 4.52. The molecular weight excluding hydrogens is 482 g/mol. The lowest BCUT2D eigenvalue weighted by Gasteiger charge is -2.18. The van der Waals surface area contributed by atoms with E-state index in [9.17, 15) is 4.79 Å². The highest BCUT2D eigenvalue weighted by molar-refractivity contribution is 7.07. The van der Waals surface area contributed by atoms with E-state index in [4.69, 9.17) is 26.4 Å². The summed E-state index contributed by atoms with van der Waals surface area (Å²) in [4.78, 5) is 19.3. The third-order valence-electron chi connectivity index (χ3n) is 5.38. The van der Waals surface area contributed by atoms with Gasteiger partial charge in [0.15, 0.2) is 6.61 Å². The van der Waals surface area contributed by atoms with Gasteiger partial charge in [-0.25, -0.2) is 9.67 Å². The van der Waals surface area contributed by atoms with Crippen molar-refractivity contribution in [2.24, 2.45) is 10.1 Å². The molecule has 1 N–H and O–H groups in total. The molecule has 0 saturated heterocycles. The molecule has 3 aromatic carbocycles. The fourth-order valence-electron chi connectivity index (χ4n) is 3.54. The number of hydrogen-bond acceptors (Lipinski definition) is 6. The second-order valence-corrected chi connectivity index (χ2v) is 9.35. The van der Waals surface area contributed by atoms with Gasteiger partial charge in [0.05, 0.1) is 23.3 Å². The summed E-state index contributed by atoms with van der Waals surface area (Å²) < 4.78 is 7.30. The smallest absolute Gasteiger partial charge is 0.262 e. The minimum Gasteiger partial charge on any atom is -0.482 e. The molecule has 1 aliphatic rings. The van der Waals surface area contributed by atoms with Gasteiger partial charge >= 0.3 is 0 Å². The van der Waals surface area contributed by atoms with Crippen molar-refractivity contribution in [1.82, 2.24) is 4.68 Å². The van der Waals surface area contributed by atoms with E-state index in [1.165, 1.54) is 11.3 Å². The standard InChI is InChI=1S/C26H22ClN5O2S/c1-31(2)21-10-3-17(4-11-21)14-28-32-23(16-35-26(32)29-20-8-6-19(27)7-9-20)18-5-12-24-22(13-18)30-25(33)15-34-24/h3-14,16H,15H2,1-2H3,(H,30,33). The number of halogens is 1. The summed E-state index contributed by atoms with van der Waals surface area (Å²) in [6.45, 7) is 0.0197. The molecule has 0 fully saturated rings. The molecule has 176 valence electrons. The molecule has 0 aliphatic carbocycles. The minimum atomic E-state index is -0.175. The van der Waals surface area contributed by atoms with Gasteiger partial charge in [0.1, 0.15) is 5.75 Å². The number of benzene rings is 3. The van der Waals surface area contributed by atoms with Gasteiger partial charge in [0.25, 0.3) is 5.91 Å². The zero-order valence-electron chi connectivity index (χ0n) is 19.1. The average molecular weight is 504 g/mol. The number of carbonyl (C=O) groups excluding carboxylic acids is 1. The van der Waals surface area contributed by atoms with Crippen molar-refractivity contribution in [3.05, 3.63) is 87.5 Å². The van der Waals surface area contributed by atoms with Gasteiger partial charge in [-0.3, -0.25) is 4.79 Å². The summed E-state index contributed by atoms with van der Waals surface area (Å²) in [5.41, 5.74) is 5.20. The van der Waals surface area contributed by atoms with Gasteiger partial charge in [0.2, 0.25) is 4.80 Å². The summed E-state index contributed by atoms with van der Waals surface area (Å²) >= 11 is 7.51. The molecule has 1 aromatic heterocycles. The maximum Gasteiger partial charge on any atom is 0.262 e. The Morgan fingerprint density at radius 3 is 2.60 bits per heavy atom. The van der Waals surface area contributed by atoms with Crippen LogP contribution in [-0.4, -0.2) is 37.5 Å². The van der Waals surface area contributed by atoms with Crippen molar-refractivity contribution >= 4 is 52.1 Å². The number of fused-ring (bicyclic) bond motifs is 1. The molecule has 0 atom stereocenters. The Balaban J connectivity index is 1.58. The maximum atomic E-state index is 11.8. The summed E-state index contributed by atoms with van der Waals surface area (Å²) in [6, 6.07) is 21.2. The van der Waals surface area contributed by atoms with E-state index < -0.39 is 0 Å². The molecule has 0 unspecified atom stereocenters. The summed E-state index contributed by atoms with van der Waals surface area (Å²) in [5.74, 6) is 0.469. The van der Waals surface area contributed by atoms with Crippen LogP contribution in [0.3, 0.4) is 0 Å². The average Bonchev–Trinajstić information content (AvgIpc) is 3.26. The lowest BCUT2D eigenvalue weighted by atomic mass is 10.1. The molecule has 2 heterocycles. The SMILES string of the molecule is CN(C)c1ccc(C=Nn2c(-c3ccc4c(c3)NC(=O)CO4)csc2=Nc2ccc(Cl)cc2)cc1. The number of hydrogen-bond donors (Lipinski definition) is 1. The number of carbonyl (C=O) groups is 1. The molecule has 0 spiro atoms. The lowest BCUT2D eigenvalue weighted by Crippen LogP contribution is -2.25. The first kappa shape index (κ1) is 22.9. The first-order chi connectivity index (χ1) is 17.0. The van der Waals surface area contributed by atoms with Crippen molar-refractivity contribution in [3.63, 3.8) is 0 Å². The van der Waals surface area contributed by atoms with E-state index in [-0.39, 0.29) is 12.5 Å². The second kappa shape index (κ2) is 9.77. The summed E-state index contributed by atoms with van der Waals surface area (Å²) in [7, 11) is 4.01. The van der Waals surface area contributed by atoms with E-state index in [2.05, 4.69) is 5.32 Å². The maximum absolute atomic E-state index is 11.8. The van der Waals surface area contributed by atoms with Gasteiger partial charge in [-0.1, -0.05) is 23.7 Å². The van der Waals surface area contributed by atoms with Gasteiger partial charge in [0, 0.05) is 35.7 Å². The van der Waals surface area contributed by atoms with E-state index in [1.807, 2.05) is 79.0 Å².